The van der Waals surface area contributed by atoms with E-state index in [0.717, 1.165) is 5.52 Å². The summed E-state index contributed by atoms with van der Waals surface area (Å²) in [5, 5.41) is 6.90. The van der Waals surface area contributed by atoms with Crippen molar-refractivity contribution in [3.63, 3.8) is 0 Å². The van der Waals surface area contributed by atoms with Gasteiger partial charge in [-0.15, -0.1) is 0 Å². The molecule has 4 aromatic rings. The molecule has 0 unspecified atom stereocenters. The van der Waals surface area contributed by atoms with Gasteiger partial charge < -0.3 is 19.8 Å². The SMILES string of the molecule is O=C(NCc1nc(-c2cc[nH]c(=O)c2)no1)C(=O)c1c[nH]c2ccccc12. The molecule has 0 saturated heterocycles. The van der Waals surface area contributed by atoms with Gasteiger partial charge in [-0.2, -0.15) is 4.98 Å². The Morgan fingerprint density at radius 1 is 1.15 bits per heavy atom. The number of hydrogen-bond acceptors (Lipinski definition) is 6. The maximum Gasteiger partial charge on any atom is 0.292 e. The Kier molecular flexibility index (Phi) is 4.09. The van der Waals surface area contributed by atoms with Gasteiger partial charge in [0.1, 0.15) is 0 Å². The number of nitrogens with one attached hydrogen (secondary N) is 3. The number of nitrogens with zero attached hydrogens (tertiary/aromatic N) is 2. The number of aromatic nitrogens is 4. The van der Waals surface area contributed by atoms with Crippen LogP contribution in [0, 0.1) is 0 Å². The fourth-order valence-corrected chi connectivity index (χ4v) is 2.65. The number of carbonyl (C=O) groups is 2. The van der Waals surface area contributed by atoms with Crippen molar-refractivity contribution in [3.05, 3.63) is 70.6 Å². The number of pyridine rings is 1. The van der Waals surface area contributed by atoms with E-state index in [1.165, 1.54) is 18.5 Å². The average molecular weight is 363 g/mol. The van der Waals surface area contributed by atoms with E-state index in [4.69, 9.17) is 4.52 Å². The van der Waals surface area contributed by atoms with Crippen LogP contribution in [-0.2, 0) is 11.3 Å². The summed E-state index contributed by atoms with van der Waals surface area (Å²) in [5.74, 6) is -1.11. The normalized spacial score (nSPS) is 10.8. The van der Waals surface area contributed by atoms with Crippen LogP contribution in [0.4, 0.5) is 0 Å². The first-order valence-corrected chi connectivity index (χ1v) is 8.02. The van der Waals surface area contributed by atoms with Crippen molar-refractivity contribution in [2.45, 2.75) is 6.54 Å². The minimum atomic E-state index is -0.782. The Morgan fingerprint density at radius 2 is 2.00 bits per heavy atom. The number of aromatic amines is 2. The minimum Gasteiger partial charge on any atom is -0.360 e. The van der Waals surface area contributed by atoms with Crippen molar-refractivity contribution in [2.24, 2.45) is 0 Å². The molecule has 27 heavy (non-hydrogen) atoms. The summed E-state index contributed by atoms with van der Waals surface area (Å²) in [4.78, 5) is 45.4. The Balaban J connectivity index is 1.45. The molecule has 9 nitrogen and oxygen atoms in total. The van der Waals surface area contributed by atoms with Crippen LogP contribution in [0.2, 0.25) is 0 Å². The molecule has 0 atom stereocenters. The molecule has 0 aliphatic rings. The van der Waals surface area contributed by atoms with E-state index < -0.39 is 11.7 Å². The molecule has 134 valence electrons. The predicted octanol–water partition coefficient (Wildman–Crippen LogP) is 1.41. The predicted molar refractivity (Wildman–Crippen MR) is 94.8 cm³/mol. The Morgan fingerprint density at radius 3 is 2.85 bits per heavy atom. The lowest BCUT2D eigenvalue weighted by atomic mass is 10.1. The zero-order valence-corrected chi connectivity index (χ0v) is 13.9. The van der Waals surface area contributed by atoms with Crippen molar-refractivity contribution in [2.75, 3.05) is 0 Å². The molecular formula is C18H13N5O4. The molecule has 1 amide bonds. The van der Waals surface area contributed by atoms with Gasteiger partial charge >= 0.3 is 0 Å². The van der Waals surface area contributed by atoms with Gasteiger partial charge in [0.15, 0.2) is 0 Å². The Hall–Kier alpha value is -4.01. The lowest BCUT2D eigenvalue weighted by Crippen LogP contribution is -2.30. The lowest BCUT2D eigenvalue weighted by molar-refractivity contribution is -0.117. The maximum atomic E-state index is 12.4. The van der Waals surface area contributed by atoms with Crippen LogP contribution < -0.4 is 10.9 Å². The van der Waals surface area contributed by atoms with E-state index in [0.29, 0.717) is 10.9 Å². The van der Waals surface area contributed by atoms with Crippen LogP contribution in [0.25, 0.3) is 22.3 Å². The van der Waals surface area contributed by atoms with Crippen molar-refractivity contribution >= 4 is 22.6 Å². The fourth-order valence-electron chi connectivity index (χ4n) is 2.65. The van der Waals surface area contributed by atoms with Gasteiger partial charge in [-0.3, -0.25) is 14.4 Å². The van der Waals surface area contributed by atoms with Gasteiger partial charge in [0, 0.05) is 34.9 Å². The number of carbonyl (C=O) groups excluding carboxylic acids is 2. The minimum absolute atomic E-state index is 0.108. The van der Waals surface area contributed by atoms with Gasteiger partial charge in [0.25, 0.3) is 11.7 Å². The second kappa shape index (κ2) is 6.71. The van der Waals surface area contributed by atoms with Gasteiger partial charge in [-0.05, 0) is 12.1 Å². The number of rotatable bonds is 5. The number of fused-ring (bicyclic) bond motifs is 1. The summed E-state index contributed by atoms with van der Waals surface area (Å²) >= 11 is 0. The Labute approximate surface area is 151 Å². The first kappa shape index (κ1) is 16.5. The van der Waals surface area contributed by atoms with Crippen molar-refractivity contribution in [1.82, 2.24) is 25.4 Å². The van der Waals surface area contributed by atoms with Gasteiger partial charge in [0.2, 0.25) is 17.3 Å². The summed E-state index contributed by atoms with van der Waals surface area (Å²) in [6.45, 7) is -0.108. The van der Waals surface area contributed by atoms with Crippen LogP contribution in [-0.4, -0.2) is 31.8 Å². The van der Waals surface area contributed by atoms with Crippen molar-refractivity contribution in [1.29, 1.82) is 0 Å². The van der Waals surface area contributed by atoms with Crippen molar-refractivity contribution in [3.8, 4) is 11.4 Å². The van der Waals surface area contributed by atoms with E-state index in [9.17, 15) is 14.4 Å². The van der Waals surface area contributed by atoms with Gasteiger partial charge in [-0.25, -0.2) is 0 Å². The van der Waals surface area contributed by atoms with Crippen LogP contribution >= 0.6 is 0 Å². The molecule has 0 aliphatic carbocycles. The number of hydrogen-bond donors (Lipinski definition) is 3. The zero-order chi connectivity index (χ0) is 18.8. The topological polar surface area (TPSA) is 134 Å². The molecule has 1 aromatic carbocycles. The smallest absolute Gasteiger partial charge is 0.292 e. The molecule has 0 spiro atoms. The quantitative estimate of drug-likeness (QED) is 0.362. The second-order valence-electron chi connectivity index (χ2n) is 5.71. The van der Waals surface area contributed by atoms with Crippen LogP contribution in [0.1, 0.15) is 16.2 Å². The van der Waals surface area contributed by atoms with Crippen molar-refractivity contribution < 1.29 is 14.1 Å². The highest BCUT2D eigenvalue weighted by atomic mass is 16.5. The summed E-state index contributed by atoms with van der Waals surface area (Å²) < 4.78 is 5.04. The first-order valence-electron chi connectivity index (χ1n) is 8.02. The van der Waals surface area contributed by atoms with E-state index in [-0.39, 0.29) is 29.4 Å². The zero-order valence-electron chi connectivity index (χ0n) is 13.9. The highest BCUT2D eigenvalue weighted by Crippen LogP contribution is 2.18. The third-order valence-corrected chi connectivity index (χ3v) is 3.94. The first-order chi connectivity index (χ1) is 13.1. The molecule has 4 rings (SSSR count). The molecular weight excluding hydrogens is 350 g/mol. The monoisotopic (exact) mass is 363 g/mol. The average Bonchev–Trinajstić information content (AvgIpc) is 3.32. The molecule has 0 aliphatic heterocycles. The second-order valence-corrected chi connectivity index (χ2v) is 5.71. The third-order valence-electron chi connectivity index (χ3n) is 3.94. The van der Waals surface area contributed by atoms with E-state index in [1.54, 1.807) is 18.2 Å². The van der Waals surface area contributed by atoms with E-state index in [2.05, 4.69) is 25.4 Å². The summed E-state index contributed by atoms with van der Waals surface area (Å²) in [6.07, 6.45) is 2.97. The number of ketones is 1. The molecule has 3 aromatic heterocycles. The summed E-state index contributed by atoms with van der Waals surface area (Å²) in [7, 11) is 0. The van der Waals surface area contributed by atoms with Crippen LogP contribution in [0.5, 0.6) is 0 Å². The van der Waals surface area contributed by atoms with Gasteiger partial charge in [0.05, 0.1) is 12.1 Å². The third kappa shape index (κ3) is 3.25. The maximum absolute atomic E-state index is 12.4. The van der Waals surface area contributed by atoms with E-state index in [1.807, 2.05) is 12.1 Å². The number of para-hydroxylation sites is 1. The highest BCUT2D eigenvalue weighted by Gasteiger charge is 2.20. The fraction of sp³-hybridized carbons (Fsp3) is 0.0556. The summed E-state index contributed by atoms with van der Waals surface area (Å²) in [5.41, 5.74) is 1.25. The molecule has 9 heteroatoms. The standard InChI is InChI=1S/C18H13N5O4/c24-14-7-10(5-6-19-14)17-22-15(27-23-17)9-21-18(26)16(25)12-8-20-13-4-2-1-3-11(12)13/h1-8,20H,9H2,(H,19,24)(H,21,26). The summed E-state index contributed by atoms with van der Waals surface area (Å²) in [6, 6.07) is 10.2. The number of Topliss-reactive ketones (excluding diaryl/α,β-unsaturated/α-hetero) is 1. The molecule has 3 N–H and O–H groups in total. The van der Waals surface area contributed by atoms with Crippen LogP contribution in [0.15, 0.2) is 58.1 Å². The highest BCUT2D eigenvalue weighted by molar-refractivity contribution is 6.44. The molecule has 0 saturated carbocycles. The van der Waals surface area contributed by atoms with E-state index >= 15 is 0 Å². The molecule has 0 radical (unpaired) electrons. The number of benzene rings is 1. The molecule has 0 fully saturated rings. The Bertz CT molecular complexity index is 1200. The number of H-pyrrole nitrogens is 2. The molecule has 3 heterocycles. The van der Waals surface area contributed by atoms with Gasteiger partial charge in [-0.1, -0.05) is 23.4 Å². The number of amides is 1. The van der Waals surface area contributed by atoms with Crippen LogP contribution in [0.3, 0.4) is 0 Å². The largest absolute Gasteiger partial charge is 0.360 e. The lowest BCUT2D eigenvalue weighted by Gasteiger charge is -2.00. The molecule has 0 bridgehead atoms.